The number of carbonyl (C=O) groups is 1. The average molecular weight is 331 g/mol. The molecule has 2 aromatic rings. The fourth-order valence-electron chi connectivity index (χ4n) is 2.35. The van der Waals surface area contributed by atoms with Crippen LogP contribution in [0.5, 0.6) is 0 Å². The smallest absolute Gasteiger partial charge is 0.230 e. The summed E-state index contributed by atoms with van der Waals surface area (Å²) in [4.78, 5) is 12.0. The second kappa shape index (κ2) is 7.04. The van der Waals surface area contributed by atoms with E-state index in [2.05, 4.69) is 34.6 Å². The van der Waals surface area contributed by atoms with Gasteiger partial charge in [-0.2, -0.15) is 0 Å². The van der Waals surface area contributed by atoms with Gasteiger partial charge in [0.15, 0.2) is 5.82 Å². The van der Waals surface area contributed by atoms with Crippen LogP contribution in [0.15, 0.2) is 35.5 Å². The summed E-state index contributed by atoms with van der Waals surface area (Å²) >= 11 is 1.32. The van der Waals surface area contributed by atoms with Crippen molar-refractivity contribution in [2.75, 3.05) is 18.1 Å². The van der Waals surface area contributed by atoms with Crippen LogP contribution in [0, 0.1) is 0 Å². The van der Waals surface area contributed by atoms with Crippen molar-refractivity contribution < 1.29 is 4.79 Å². The summed E-state index contributed by atoms with van der Waals surface area (Å²) in [7, 11) is 0. The van der Waals surface area contributed by atoms with Gasteiger partial charge in [0.2, 0.25) is 11.1 Å². The van der Waals surface area contributed by atoms with E-state index in [1.807, 2.05) is 18.2 Å². The molecule has 3 rings (SSSR count). The monoisotopic (exact) mass is 331 g/mol. The van der Waals surface area contributed by atoms with Gasteiger partial charge in [0.1, 0.15) is 0 Å². The number of nitrogens with zero attached hydrogens (tertiary/aromatic N) is 3. The maximum atomic E-state index is 12.0. The predicted molar refractivity (Wildman–Crippen MR) is 90.7 cm³/mol. The van der Waals surface area contributed by atoms with E-state index < -0.39 is 0 Å². The molecule has 3 N–H and O–H groups in total. The Hall–Kier alpha value is -2.02. The van der Waals surface area contributed by atoms with Gasteiger partial charge in [0, 0.05) is 12.5 Å². The minimum Gasteiger partial charge on any atom is -0.355 e. The van der Waals surface area contributed by atoms with E-state index in [1.165, 1.54) is 22.0 Å². The number of carbonyl (C=O) groups excluding carboxylic acids is 1. The van der Waals surface area contributed by atoms with Crippen LogP contribution in [0.1, 0.15) is 43.0 Å². The van der Waals surface area contributed by atoms with Gasteiger partial charge in [-0.05, 0) is 24.3 Å². The Bertz CT molecular complexity index is 668. The number of hydrogen-bond donors (Lipinski definition) is 2. The van der Waals surface area contributed by atoms with Crippen LogP contribution in [-0.2, 0) is 4.79 Å². The van der Waals surface area contributed by atoms with Crippen molar-refractivity contribution in [2.24, 2.45) is 0 Å². The molecule has 0 unspecified atom stereocenters. The van der Waals surface area contributed by atoms with Crippen molar-refractivity contribution in [3.8, 4) is 0 Å². The molecule has 0 saturated heterocycles. The second-order valence-corrected chi connectivity index (χ2v) is 6.83. The summed E-state index contributed by atoms with van der Waals surface area (Å²) in [6, 6.07) is 10.2. The molecule has 1 atom stereocenters. The molecule has 0 aliphatic heterocycles. The molecular formula is C16H21N5OS. The minimum absolute atomic E-state index is 0.0197. The van der Waals surface area contributed by atoms with Crippen LogP contribution in [0.3, 0.4) is 0 Å². The second-order valence-electron chi connectivity index (χ2n) is 5.89. The Kier molecular flexibility index (Phi) is 4.85. The van der Waals surface area contributed by atoms with E-state index in [4.69, 9.17) is 5.84 Å². The lowest BCUT2D eigenvalue weighted by Crippen LogP contribution is -2.29. The highest BCUT2D eigenvalue weighted by Gasteiger charge is 2.30. The Labute approximate surface area is 139 Å². The standard InChI is InChI=1S/C16H21N5OS/c1-11(12-5-3-2-4-6-12)9-18-14(22)10-23-16-20-19-15(21(16)17)13-7-8-13/h2-6,11,13H,7-10,17H2,1H3,(H,18,22)/t11-/m1/s1. The number of thioether (sulfide) groups is 1. The fraction of sp³-hybridized carbons (Fsp3) is 0.438. The highest BCUT2D eigenvalue weighted by Crippen LogP contribution is 2.39. The zero-order valence-corrected chi connectivity index (χ0v) is 13.9. The zero-order chi connectivity index (χ0) is 16.2. The predicted octanol–water partition coefficient (Wildman–Crippen LogP) is 1.88. The normalized spacial score (nSPS) is 15.3. The van der Waals surface area contributed by atoms with Crippen LogP contribution in [0.25, 0.3) is 0 Å². The van der Waals surface area contributed by atoms with Crippen LogP contribution < -0.4 is 11.2 Å². The molecule has 0 bridgehead atoms. The molecule has 1 aliphatic carbocycles. The zero-order valence-electron chi connectivity index (χ0n) is 13.1. The number of nitrogens with one attached hydrogen (secondary N) is 1. The maximum Gasteiger partial charge on any atom is 0.230 e. The van der Waals surface area contributed by atoms with Gasteiger partial charge in [0.05, 0.1) is 5.75 Å². The maximum absolute atomic E-state index is 12.0. The number of aromatic nitrogens is 3. The van der Waals surface area contributed by atoms with Crippen molar-refractivity contribution in [1.29, 1.82) is 0 Å². The van der Waals surface area contributed by atoms with Crippen LogP contribution in [-0.4, -0.2) is 33.1 Å². The van der Waals surface area contributed by atoms with Gasteiger partial charge in [-0.15, -0.1) is 10.2 Å². The number of nitrogens with two attached hydrogens (primary N) is 1. The molecule has 1 aromatic heterocycles. The Morgan fingerprint density at radius 1 is 1.39 bits per heavy atom. The first-order valence-corrected chi connectivity index (χ1v) is 8.78. The summed E-state index contributed by atoms with van der Waals surface area (Å²) < 4.78 is 1.52. The Morgan fingerprint density at radius 3 is 2.83 bits per heavy atom. The van der Waals surface area contributed by atoms with E-state index in [9.17, 15) is 4.79 Å². The summed E-state index contributed by atoms with van der Waals surface area (Å²) in [6.07, 6.45) is 2.25. The molecule has 1 saturated carbocycles. The van der Waals surface area contributed by atoms with Gasteiger partial charge >= 0.3 is 0 Å². The highest BCUT2D eigenvalue weighted by atomic mass is 32.2. The molecule has 1 amide bonds. The summed E-state index contributed by atoms with van der Waals surface area (Å²) in [6.45, 7) is 2.72. The first kappa shape index (κ1) is 15.9. The Balaban J connectivity index is 1.44. The average Bonchev–Trinajstić information content (AvgIpc) is 3.35. The first-order valence-electron chi connectivity index (χ1n) is 7.80. The minimum atomic E-state index is -0.0197. The van der Waals surface area contributed by atoms with Gasteiger partial charge in [-0.1, -0.05) is 49.0 Å². The molecule has 1 aliphatic rings. The van der Waals surface area contributed by atoms with Crippen LogP contribution in [0.2, 0.25) is 0 Å². The fourth-order valence-corrected chi connectivity index (χ4v) is 3.05. The van der Waals surface area contributed by atoms with Gasteiger partial charge in [-0.25, -0.2) is 4.68 Å². The molecule has 0 radical (unpaired) electrons. The van der Waals surface area contributed by atoms with Crippen LogP contribution in [0.4, 0.5) is 0 Å². The third kappa shape index (κ3) is 4.04. The molecule has 122 valence electrons. The topological polar surface area (TPSA) is 85.8 Å². The summed E-state index contributed by atoms with van der Waals surface area (Å²) in [5.41, 5.74) is 1.22. The number of benzene rings is 1. The lowest BCUT2D eigenvalue weighted by molar-refractivity contribution is -0.118. The largest absolute Gasteiger partial charge is 0.355 e. The van der Waals surface area contributed by atoms with Crippen molar-refractivity contribution in [2.45, 2.75) is 36.8 Å². The van der Waals surface area contributed by atoms with Crippen molar-refractivity contribution in [3.05, 3.63) is 41.7 Å². The molecule has 1 aromatic carbocycles. The first-order chi connectivity index (χ1) is 11.1. The molecule has 7 heteroatoms. The van der Waals surface area contributed by atoms with E-state index in [-0.39, 0.29) is 11.8 Å². The van der Waals surface area contributed by atoms with Crippen LogP contribution >= 0.6 is 11.8 Å². The summed E-state index contributed by atoms with van der Waals surface area (Å²) in [5.74, 6) is 7.79. The van der Waals surface area contributed by atoms with Gasteiger partial charge in [0.25, 0.3) is 0 Å². The SMILES string of the molecule is C[C@H](CNC(=O)CSc1nnc(C2CC2)n1N)c1ccccc1. The Morgan fingerprint density at radius 2 is 2.13 bits per heavy atom. The van der Waals surface area contributed by atoms with Crippen molar-refractivity contribution in [3.63, 3.8) is 0 Å². The van der Waals surface area contributed by atoms with Gasteiger partial charge < -0.3 is 11.2 Å². The summed E-state index contributed by atoms with van der Waals surface area (Å²) in [5, 5.41) is 11.7. The van der Waals surface area contributed by atoms with E-state index in [0.29, 0.717) is 23.4 Å². The molecule has 23 heavy (non-hydrogen) atoms. The van der Waals surface area contributed by atoms with Gasteiger partial charge in [-0.3, -0.25) is 4.79 Å². The number of amides is 1. The molecular weight excluding hydrogens is 310 g/mol. The highest BCUT2D eigenvalue weighted by molar-refractivity contribution is 7.99. The molecule has 1 heterocycles. The lowest BCUT2D eigenvalue weighted by atomic mass is 10.0. The lowest BCUT2D eigenvalue weighted by Gasteiger charge is -2.12. The van der Waals surface area contributed by atoms with E-state index in [1.54, 1.807) is 0 Å². The third-order valence-corrected chi connectivity index (χ3v) is 4.88. The molecule has 1 fully saturated rings. The number of hydrogen-bond acceptors (Lipinski definition) is 5. The number of nitrogen functional groups attached to an aromatic ring is 1. The molecule has 6 nitrogen and oxygen atoms in total. The quantitative estimate of drug-likeness (QED) is 0.598. The number of rotatable bonds is 7. The van der Waals surface area contributed by atoms with E-state index >= 15 is 0 Å². The van der Waals surface area contributed by atoms with Crippen molar-refractivity contribution in [1.82, 2.24) is 20.2 Å². The van der Waals surface area contributed by atoms with E-state index in [0.717, 1.165) is 18.7 Å². The molecule has 0 spiro atoms. The van der Waals surface area contributed by atoms with Crippen molar-refractivity contribution >= 4 is 17.7 Å². The third-order valence-electron chi connectivity index (χ3n) is 3.94.